The molecule has 0 radical (unpaired) electrons. The number of hydrogen-bond acceptors (Lipinski definition) is 2. The molecule has 1 amide bonds. The Bertz CT molecular complexity index is 547. The zero-order valence-electron chi connectivity index (χ0n) is 8.32. The van der Waals surface area contributed by atoms with Crippen LogP contribution in [0.25, 0.3) is 10.8 Å². The predicted octanol–water partition coefficient (Wildman–Crippen LogP) is 1.95. The molecule has 2 rings (SSSR count). The first-order valence-electron chi connectivity index (χ1n) is 4.61. The second kappa shape index (κ2) is 3.28. The van der Waals surface area contributed by atoms with Crippen molar-refractivity contribution in [1.29, 1.82) is 0 Å². The molecule has 0 aliphatic carbocycles. The highest BCUT2D eigenvalue weighted by molar-refractivity contribution is 6.00. The Morgan fingerprint density at radius 2 is 1.93 bits per heavy atom. The molecule has 0 aliphatic heterocycles. The van der Waals surface area contributed by atoms with Gasteiger partial charge in [-0.3, -0.25) is 4.79 Å². The van der Waals surface area contributed by atoms with Crippen molar-refractivity contribution in [2.24, 2.45) is 5.73 Å². The summed E-state index contributed by atoms with van der Waals surface area (Å²) in [7, 11) is 0. The second-order valence-electron chi connectivity index (χ2n) is 3.58. The number of nitrogens with two attached hydrogens (primary N) is 1. The first-order chi connectivity index (χ1) is 7.08. The van der Waals surface area contributed by atoms with E-state index in [1.165, 1.54) is 0 Å². The number of primary amides is 1. The summed E-state index contributed by atoms with van der Waals surface area (Å²) in [4.78, 5) is 11.0. The second-order valence-corrected chi connectivity index (χ2v) is 3.58. The zero-order chi connectivity index (χ0) is 11.0. The van der Waals surface area contributed by atoms with Crippen molar-refractivity contribution >= 4 is 16.7 Å². The third-order valence-corrected chi connectivity index (χ3v) is 2.38. The molecular formula is C12H11NO2. The van der Waals surface area contributed by atoms with Gasteiger partial charge in [-0.15, -0.1) is 0 Å². The summed E-state index contributed by atoms with van der Waals surface area (Å²) in [6, 6.07) is 8.96. The lowest BCUT2D eigenvalue weighted by Crippen LogP contribution is -2.10. The standard InChI is InChI=1S/C12H11NO2/c1-7-2-3-8-6-11(14)10(12(13)15)5-9(8)4-7/h2-6,14H,1H3,(H2,13,15). The molecule has 0 aliphatic rings. The van der Waals surface area contributed by atoms with Gasteiger partial charge in [0.25, 0.3) is 5.91 Å². The monoisotopic (exact) mass is 201 g/mol. The average Bonchev–Trinajstić information content (AvgIpc) is 2.17. The maximum atomic E-state index is 11.0. The molecule has 3 heteroatoms. The Labute approximate surface area is 87.1 Å². The summed E-state index contributed by atoms with van der Waals surface area (Å²) in [6.07, 6.45) is 0. The van der Waals surface area contributed by atoms with E-state index in [1.807, 2.05) is 25.1 Å². The van der Waals surface area contributed by atoms with E-state index < -0.39 is 5.91 Å². The highest BCUT2D eigenvalue weighted by Gasteiger charge is 2.08. The fraction of sp³-hybridized carbons (Fsp3) is 0.0833. The van der Waals surface area contributed by atoms with Gasteiger partial charge in [-0.1, -0.05) is 23.8 Å². The molecule has 2 aromatic carbocycles. The van der Waals surface area contributed by atoms with Crippen LogP contribution in [0.4, 0.5) is 0 Å². The van der Waals surface area contributed by atoms with Crippen LogP contribution < -0.4 is 5.73 Å². The van der Waals surface area contributed by atoms with Crippen LogP contribution in [0.15, 0.2) is 30.3 Å². The van der Waals surface area contributed by atoms with E-state index in [-0.39, 0.29) is 11.3 Å². The van der Waals surface area contributed by atoms with Gasteiger partial charge < -0.3 is 10.8 Å². The van der Waals surface area contributed by atoms with Crippen molar-refractivity contribution in [3.05, 3.63) is 41.5 Å². The lowest BCUT2D eigenvalue weighted by Gasteiger charge is -2.04. The number of carbonyl (C=O) groups excluding carboxylic acids is 1. The summed E-state index contributed by atoms with van der Waals surface area (Å²) >= 11 is 0. The maximum Gasteiger partial charge on any atom is 0.252 e. The predicted molar refractivity (Wildman–Crippen MR) is 58.9 cm³/mol. The number of aryl methyl sites for hydroxylation is 1. The van der Waals surface area contributed by atoms with Gasteiger partial charge in [0.15, 0.2) is 0 Å². The largest absolute Gasteiger partial charge is 0.507 e. The van der Waals surface area contributed by atoms with Crippen molar-refractivity contribution < 1.29 is 9.90 Å². The van der Waals surface area contributed by atoms with Crippen LogP contribution in [0.3, 0.4) is 0 Å². The van der Waals surface area contributed by atoms with Crippen molar-refractivity contribution in [2.75, 3.05) is 0 Å². The van der Waals surface area contributed by atoms with E-state index in [1.54, 1.807) is 12.1 Å². The fourth-order valence-corrected chi connectivity index (χ4v) is 1.60. The average molecular weight is 201 g/mol. The van der Waals surface area contributed by atoms with E-state index in [0.29, 0.717) is 0 Å². The summed E-state index contributed by atoms with van der Waals surface area (Å²) in [5.74, 6) is -0.685. The van der Waals surface area contributed by atoms with Crippen LogP contribution in [0, 0.1) is 6.92 Å². The van der Waals surface area contributed by atoms with Crippen LogP contribution in [0.1, 0.15) is 15.9 Å². The summed E-state index contributed by atoms with van der Waals surface area (Å²) in [6.45, 7) is 1.97. The van der Waals surface area contributed by atoms with Gasteiger partial charge in [0, 0.05) is 0 Å². The van der Waals surface area contributed by atoms with Crippen molar-refractivity contribution in [1.82, 2.24) is 0 Å². The van der Waals surface area contributed by atoms with E-state index >= 15 is 0 Å². The van der Waals surface area contributed by atoms with Crippen LogP contribution in [-0.2, 0) is 0 Å². The minimum absolute atomic E-state index is 0.0705. The molecule has 0 heterocycles. The lowest BCUT2D eigenvalue weighted by molar-refractivity contribution is 0.0998. The number of aromatic hydroxyl groups is 1. The third kappa shape index (κ3) is 1.64. The first-order valence-corrected chi connectivity index (χ1v) is 4.61. The summed E-state index contributed by atoms with van der Waals surface area (Å²) in [5, 5.41) is 11.3. The molecule has 0 saturated carbocycles. The van der Waals surface area contributed by atoms with Crippen molar-refractivity contribution in [3.8, 4) is 5.75 Å². The van der Waals surface area contributed by atoms with Gasteiger partial charge in [0.1, 0.15) is 5.75 Å². The fourth-order valence-electron chi connectivity index (χ4n) is 1.60. The molecule has 3 N–H and O–H groups in total. The molecule has 0 bridgehead atoms. The Kier molecular flexibility index (Phi) is 2.08. The number of fused-ring (bicyclic) bond motifs is 1. The highest BCUT2D eigenvalue weighted by atomic mass is 16.3. The maximum absolute atomic E-state index is 11.0. The van der Waals surface area contributed by atoms with E-state index in [4.69, 9.17) is 5.73 Å². The number of phenols is 1. The quantitative estimate of drug-likeness (QED) is 0.740. The number of benzene rings is 2. The Balaban J connectivity index is 2.77. The van der Waals surface area contributed by atoms with Gasteiger partial charge in [0.2, 0.25) is 0 Å². The first kappa shape index (κ1) is 9.52. The number of carbonyl (C=O) groups is 1. The van der Waals surface area contributed by atoms with E-state index in [9.17, 15) is 9.90 Å². The molecule has 0 spiro atoms. The zero-order valence-corrected chi connectivity index (χ0v) is 8.32. The smallest absolute Gasteiger partial charge is 0.252 e. The Hall–Kier alpha value is -2.03. The third-order valence-electron chi connectivity index (χ3n) is 2.38. The van der Waals surface area contributed by atoms with Gasteiger partial charge in [-0.25, -0.2) is 0 Å². The van der Waals surface area contributed by atoms with Gasteiger partial charge in [-0.2, -0.15) is 0 Å². The van der Waals surface area contributed by atoms with Crippen LogP contribution in [0.5, 0.6) is 5.75 Å². The number of rotatable bonds is 1. The lowest BCUT2D eigenvalue weighted by atomic mass is 10.0. The Morgan fingerprint density at radius 3 is 2.60 bits per heavy atom. The van der Waals surface area contributed by atoms with Crippen molar-refractivity contribution in [3.63, 3.8) is 0 Å². The Morgan fingerprint density at radius 1 is 1.20 bits per heavy atom. The minimum atomic E-state index is -0.615. The van der Waals surface area contributed by atoms with E-state index in [2.05, 4.69) is 0 Å². The normalized spacial score (nSPS) is 10.5. The molecule has 0 saturated heterocycles. The SMILES string of the molecule is Cc1ccc2cc(O)c(C(N)=O)cc2c1. The molecule has 0 fully saturated rings. The molecule has 0 unspecified atom stereocenters. The summed E-state index contributed by atoms with van der Waals surface area (Å²) < 4.78 is 0. The van der Waals surface area contributed by atoms with Gasteiger partial charge >= 0.3 is 0 Å². The molecular weight excluding hydrogens is 190 g/mol. The molecule has 2 aromatic rings. The minimum Gasteiger partial charge on any atom is -0.507 e. The van der Waals surface area contributed by atoms with E-state index in [0.717, 1.165) is 16.3 Å². The number of hydrogen-bond donors (Lipinski definition) is 2. The van der Waals surface area contributed by atoms with Crippen molar-refractivity contribution in [2.45, 2.75) is 6.92 Å². The van der Waals surface area contributed by atoms with Crippen LogP contribution in [-0.4, -0.2) is 11.0 Å². The highest BCUT2D eigenvalue weighted by Crippen LogP contribution is 2.25. The number of amides is 1. The molecule has 3 nitrogen and oxygen atoms in total. The molecule has 0 atom stereocenters. The van der Waals surface area contributed by atoms with Gasteiger partial charge in [-0.05, 0) is 29.8 Å². The molecule has 15 heavy (non-hydrogen) atoms. The summed E-state index contributed by atoms with van der Waals surface area (Å²) in [5.41, 5.74) is 6.41. The molecule has 76 valence electrons. The topological polar surface area (TPSA) is 63.3 Å². The molecule has 0 aromatic heterocycles. The van der Waals surface area contributed by atoms with Crippen LogP contribution >= 0.6 is 0 Å². The van der Waals surface area contributed by atoms with Crippen LogP contribution in [0.2, 0.25) is 0 Å². The van der Waals surface area contributed by atoms with Gasteiger partial charge in [0.05, 0.1) is 5.56 Å².